The van der Waals surface area contributed by atoms with Crippen molar-refractivity contribution in [1.29, 1.82) is 0 Å². The van der Waals surface area contributed by atoms with E-state index in [0.717, 1.165) is 23.3 Å². The van der Waals surface area contributed by atoms with Crippen LogP contribution in [0.2, 0.25) is 18.1 Å². The third-order valence-corrected chi connectivity index (χ3v) is 9.42. The Morgan fingerprint density at radius 3 is 2.36 bits per heavy atom. The number of benzene rings is 1. The Hall–Kier alpha value is -1.48. The SMILES string of the molecule is C=Cc1cc(C(=CCCCC)O[Si](C)(C)C(C)(C)C)ccc1N(C)C. The maximum Gasteiger partial charge on any atom is 0.250 e. The lowest BCUT2D eigenvalue weighted by molar-refractivity contribution is 0.456. The largest absolute Gasteiger partial charge is 0.543 e. The van der Waals surface area contributed by atoms with E-state index >= 15 is 0 Å². The van der Waals surface area contributed by atoms with Gasteiger partial charge in [-0.05, 0) is 60.8 Å². The maximum atomic E-state index is 6.69. The van der Waals surface area contributed by atoms with Crippen molar-refractivity contribution in [3.8, 4) is 0 Å². The van der Waals surface area contributed by atoms with Gasteiger partial charge in [-0.2, -0.15) is 0 Å². The molecule has 0 aliphatic rings. The second kappa shape index (κ2) is 8.75. The number of unbranched alkanes of at least 4 members (excludes halogenated alkanes) is 2. The molecule has 0 heterocycles. The number of allylic oxidation sites excluding steroid dienone is 1. The summed E-state index contributed by atoms with van der Waals surface area (Å²) < 4.78 is 6.69. The molecule has 0 saturated carbocycles. The van der Waals surface area contributed by atoms with Crippen molar-refractivity contribution in [1.82, 2.24) is 0 Å². The van der Waals surface area contributed by atoms with Crippen LogP contribution in [0.25, 0.3) is 11.8 Å². The van der Waals surface area contributed by atoms with E-state index in [4.69, 9.17) is 4.43 Å². The molecule has 1 aromatic rings. The van der Waals surface area contributed by atoms with Crippen molar-refractivity contribution in [3.63, 3.8) is 0 Å². The first-order chi connectivity index (χ1) is 11.5. The summed E-state index contributed by atoms with van der Waals surface area (Å²) >= 11 is 0. The Morgan fingerprint density at radius 2 is 1.88 bits per heavy atom. The van der Waals surface area contributed by atoms with Crippen molar-refractivity contribution in [2.75, 3.05) is 19.0 Å². The molecule has 140 valence electrons. The molecule has 1 aromatic carbocycles. The summed E-state index contributed by atoms with van der Waals surface area (Å²) in [5.74, 6) is 1.04. The summed E-state index contributed by atoms with van der Waals surface area (Å²) in [6.45, 7) is 17.7. The summed E-state index contributed by atoms with van der Waals surface area (Å²) in [5.41, 5.74) is 3.48. The molecule has 0 radical (unpaired) electrons. The second-order valence-electron chi connectivity index (χ2n) is 8.45. The van der Waals surface area contributed by atoms with E-state index in [2.05, 4.69) is 90.6 Å². The standard InChI is InChI=1S/C22H37NOSi/c1-10-12-13-14-21(24-25(8,9)22(3,4)5)19-15-16-20(23(6)7)18(11-2)17-19/h11,14-17H,2,10,12-13H2,1,3-9H3. The van der Waals surface area contributed by atoms with Crippen LogP contribution in [0.5, 0.6) is 0 Å². The Bertz CT molecular complexity index is 609. The Morgan fingerprint density at radius 1 is 1.24 bits per heavy atom. The average Bonchev–Trinajstić information content (AvgIpc) is 2.52. The van der Waals surface area contributed by atoms with Gasteiger partial charge in [-0.1, -0.05) is 46.8 Å². The number of hydrogen-bond acceptors (Lipinski definition) is 2. The molecule has 0 unspecified atom stereocenters. The molecular weight excluding hydrogens is 322 g/mol. The molecule has 0 bridgehead atoms. The molecule has 0 aliphatic heterocycles. The van der Waals surface area contributed by atoms with Crippen LogP contribution in [-0.4, -0.2) is 22.4 Å². The Labute approximate surface area is 156 Å². The van der Waals surface area contributed by atoms with E-state index in [9.17, 15) is 0 Å². The van der Waals surface area contributed by atoms with E-state index in [1.807, 2.05) is 6.08 Å². The molecule has 0 atom stereocenters. The third-order valence-electron chi connectivity index (χ3n) is 5.07. The van der Waals surface area contributed by atoms with E-state index in [1.165, 1.54) is 18.5 Å². The minimum Gasteiger partial charge on any atom is -0.543 e. The average molecular weight is 360 g/mol. The molecule has 0 aromatic heterocycles. The zero-order valence-electron chi connectivity index (χ0n) is 17.6. The molecule has 3 heteroatoms. The van der Waals surface area contributed by atoms with Crippen molar-refractivity contribution in [3.05, 3.63) is 42.0 Å². The van der Waals surface area contributed by atoms with Gasteiger partial charge in [-0.25, -0.2) is 0 Å². The van der Waals surface area contributed by atoms with Gasteiger partial charge >= 0.3 is 0 Å². The van der Waals surface area contributed by atoms with Crippen LogP contribution < -0.4 is 4.90 Å². The van der Waals surface area contributed by atoms with Crippen LogP contribution in [0.1, 0.15) is 58.1 Å². The lowest BCUT2D eigenvalue weighted by Crippen LogP contribution is -2.40. The van der Waals surface area contributed by atoms with E-state index < -0.39 is 8.32 Å². The fourth-order valence-electron chi connectivity index (χ4n) is 2.36. The smallest absolute Gasteiger partial charge is 0.250 e. The summed E-state index contributed by atoms with van der Waals surface area (Å²) in [6, 6.07) is 6.54. The van der Waals surface area contributed by atoms with Gasteiger partial charge in [0.25, 0.3) is 0 Å². The van der Waals surface area contributed by atoms with Crippen molar-refractivity contribution < 1.29 is 4.43 Å². The van der Waals surface area contributed by atoms with Crippen LogP contribution in [-0.2, 0) is 4.43 Å². The van der Waals surface area contributed by atoms with Crippen LogP contribution in [0.4, 0.5) is 5.69 Å². The molecule has 2 nitrogen and oxygen atoms in total. The predicted molar refractivity (Wildman–Crippen MR) is 117 cm³/mol. The Kier molecular flexibility index (Phi) is 7.55. The monoisotopic (exact) mass is 359 g/mol. The van der Waals surface area contributed by atoms with Crippen LogP contribution in [0.3, 0.4) is 0 Å². The highest BCUT2D eigenvalue weighted by molar-refractivity contribution is 6.74. The van der Waals surface area contributed by atoms with Gasteiger partial charge in [0.1, 0.15) is 5.76 Å². The molecule has 0 amide bonds. The summed E-state index contributed by atoms with van der Waals surface area (Å²) in [5, 5.41) is 0.182. The first-order valence-electron chi connectivity index (χ1n) is 9.37. The Balaban J connectivity index is 3.29. The molecule has 0 fully saturated rings. The first kappa shape index (κ1) is 21.6. The van der Waals surface area contributed by atoms with E-state index in [1.54, 1.807) is 0 Å². The third kappa shape index (κ3) is 5.77. The lowest BCUT2D eigenvalue weighted by atomic mass is 10.1. The predicted octanol–water partition coefficient (Wildman–Crippen LogP) is 6.95. The molecule has 0 saturated heterocycles. The normalized spacial score (nSPS) is 12.9. The molecule has 25 heavy (non-hydrogen) atoms. The fraction of sp³-hybridized carbons (Fsp3) is 0.545. The number of rotatable bonds is 8. The van der Waals surface area contributed by atoms with Crippen molar-refractivity contribution >= 4 is 25.8 Å². The highest BCUT2D eigenvalue weighted by Gasteiger charge is 2.39. The minimum absolute atomic E-state index is 0.182. The van der Waals surface area contributed by atoms with Gasteiger partial charge in [0.05, 0.1) is 0 Å². The zero-order chi connectivity index (χ0) is 19.3. The van der Waals surface area contributed by atoms with Gasteiger partial charge in [0, 0.05) is 25.3 Å². The van der Waals surface area contributed by atoms with Crippen LogP contribution >= 0.6 is 0 Å². The van der Waals surface area contributed by atoms with Gasteiger partial charge in [-0.15, -0.1) is 0 Å². The molecular formula is C22H37NOSi. The van der Waals surface area contributed by atoms with Crippen molar-refractivity contribution in [2.45, 2.75) is 65.1 Å². The van der Waals surface area contributed by atoms with E-state index in [0.29, 0.717) is 0 Å². The van der Waals surface area contributed by atoms with E-state index in [-0.39, 0.29) is 5.04 Å². The van der Waals surface area contributed by atoms with Gasteiger partial charge in [-0.3, -0.25) is 0 Å². The molecule has 0 N–H and O–H groups in total. The first-order valence-corrected chi connectivity index (χ1v) is 12.3. The van der Waals surface area contributed by atoms with Gasteiger partial charge in [0.15, 0.2) is 0 Å². The number of nitrogens with zero attached hydrogens (tertiary/aromatic N) is 1. The zero-order valence-corrected chi connectivity index (χ0v) is 18.6. The summed E-state index contributed by atoms with van der Waals surface area (Å²) in [6.07, 6.45) is 7.64. The number of hydrogen-bond donors (Lipinski definition) is 0. The minimum atomic E-state index is -1.88. The van der Waals surface area contributed by atoms with Crippen LogP contribution in [0, 0.1) is 0 Å². The van der Waals surface area contributed by atoms with Gasteiger partial charge < -0.3 is 9.33 Å². The summed E-state index contributed by atoms with van der Waals surface area (Å²) in [4.78, 5) is 2.12. The second-order valence-corrected chi connectivity index (χ2v) is 13.2. The molecule has 0 aliphatic carbocycles. The molecule has 1 rings (SSSR count). The van der Waals surface area contributed by atoms with Crippen molar-refractivity contribution in [2.24, 2.45) is 0 Å². The quantitative estimate of drug-likeness (QED) is 0.283. The van der Waals surface area contributed by atoms with Crippen LogP contribution in [0.15, 0.2) is 30.9 Å². The fourth-order valence-corrected chi connectivity index (χ4v) is 3.42. The lowest BCUT2D eigenvalue weighted by Gasteiger charge is -2.37. The maximum absolute atomic E-state index is 6.69. The van der Waals surface area contributed by atoms with Gasteiger partial charge in [0.2, 0.25) is 8.32 Å². The number of anilines is 1. The highest BCUT2D eigenvalue weighted by atomic mass is 28.4. The topological polar surface area (TPSA) is 12.5 Å². The molecule has 0 spiro atoms. The highest BCUT2D eigenvalue weighted by Crippen LogP contribution is 2.40. The summed E-state index contributed by atoms with van der Waals surface area (Å²) in [7, 11) is 2.24.